The van der Waals surface area contributed by atoms with Crippen molar-refractivity contribution in [1.29, 1.82) is 0 Å². The number of pyridine rings is 1. The smallest absolute Gasteiger partial charge is 0.141 e. The first kappa shape index (κ1) is 20.0. The van der Waals surface area contributed by atoms with Crippen molar-refractivity contribution in [1.82, 2.24) is 20.5 Å². The van der Waals surface area contributed by atoms with Gasteiger partial charge in [-0.15, -0.1) is 0 Å². The number of hydrogen-bond acceptors (Lipinski definition) is 6. The van der Waals surface area contributed by atoms with Crippen molar-refractivity contribution in [3.8, 4) is 22.3 Å². The second-order valence-corrected chi connectivity index (χ2v) is 8.97. The van der Waals surface area contributed by atoms with Crippen LogP contribution >= 0.6 is 11.3 Å². The van der Waals surface area contributed by atoms with Gasteiger partial charge in [-0.2, -0.15) is 16.4 Å². The van der Waals surface area contributed by atoms with E-state index in [9.17, 15) is 0 Å². The Morgan fingerprint density at radius 1 is 1.00 bits per heavy atom. The summed E-state index contributed by atoms with van der Waals surface area (Å²) < 4.78 is 0. The summed E-state index contributed by atoms with van der Waals surface area (Å²) in [7, 11) is 0. The number of benzene rings is 2. The third kappa shape index (κ3) is 3.65. The summed E-state index contributed by atoms with van der Waals surface area (Å²) in [4.78, 5) is 4.46. The van der Waals surface area contributed by atoms with Gasteiger partial charge in [0.2, 0.25) is 0 Å². The summed E-state index contributed by atoms with van der Waals surface area (Å²) >= 11 is 1.71. The minimum Gasteiger partial charge on any atom is -0.359 e. The molecule has 3 aromatic heterocycles. The van der Waals surface area contributed by atoms with E-state index in [0.717, 1.165) is 52.2 Å². The Morgan fingerprint density at radius 2 is 1.97 bits per heavy atom. The normalized spacial score (nSPS) is 14.8. The van der Waals surface area contributed by atoms with Crippen LogP contribution in [0.3, 0.4) is 0 Å². The predicted molar refractivity (Wildman–Crippen MR) is 136 cm³/mol. The fraction of sp³-hybridized carbons (Fsp3) is 0.154. The van der Waals surface area contributed by atoms with Crippen molar-refractivity contribution >= 4 is 33.6 Å². The molecule has 0 amide bonds. The van der Waals surface area contributed by atoms with Crippen LogP contribution in [-0.4, -0.2) is 21.7 Å². The van der Waals surface area contributed by atoms with E-state index >= 15 is 0 Å². The molecule has 0 bridgehead atoms. The standard InChI is InChI=1S/C26H24N6S/c1-2-27-12-16-10-19(14-28-13-16)17-6-7-22-21(11-17)25(32-31-22)26-29-23-5-3-4-20(24(23)30-26)18-8-9-33-15-18/h3-11,13-15,26-27,29-30H,2,12H2,1H3,(H,31,32). The van der Waals surface area contributed by atoms with Gasteiger partial charge in [0.1, 0.15) is 6.17 Å². The number of nitrogens with one attached hydrogen (secondary N) is 4. The van der Waals surface area contributed by atoms with E-state index in [2.05, 4.69) is 97.3 Å². The zero-order valence-corrected chi connectivity index (χ0v) is 19.0. The van der Waals surface area contributed by atoms with Gasteiger partial charge in [-0.25, -0.2) is 0 Å². The number of nitrogens with zero attached hydrogens (tertiary/aromatic N) is 2. The largest absolute Gasteiger partial charge is 0.359 e. The molecule has 1 unspecified atom stereocenters. The number of aromatic amines is 1. The number of rotatable bonds is 6. The lowest BCUT2D eigenvalue weighted by Crippen LogP contribution is -2.13. The van der Waals surface area contributed by atoms with Crippen LogP contribution in [0.1, 0.15) is 24.3 Å². The molecular weight excluding hydrogens is 428 g/mol. The predicted octanol–water partition coefficient (Wildman–Crippen LogP) is 6.00. The van der Waals surface area contributed by atoms with Crippen molar-refractivity contribution in [3.63, 3.8) is 0 Å². The summed E-state index contributed by atoms with van der Waals surface area (Å²) in [6, 6.07) is 17.1. The second kappa shape index (κ2) is 8.35. The van der Waals surface area contributed by atoms with Gasteiger partial charge in [0.15, 0.2) is 0 Å². The number of fused-ring (bicyclic) bond motifs is 2. The Balaban J connectivity index is 1.34. The number of hydrogen-bond donors (Lipinski definition) is 4. The SMILES string of the molecule is CCNCc1cncc(-c2ccc3n[nH]c(C4Nc5cccc(-c6ccsc6)c5N4)c3c2)c1. The van der Waals surface area contributed by atoms with Crippen LogP contribution in [0, 0.1) is 0 Å². The van der Waals surface area contributed by atoms with Gasteiger partial charge in [0.25, 0.3) is 0 Å². The van der Waals surface area contributed by atoms with Gasteiger partial charge < -0.3 is 16.0 Å². The Hall–Kier alpha value is -3.68. The molecule has 4 heterocycles. The maximum atomic E-state index is 4.56. The van der Waals surface area contributed by atoms with Crippen LogP contribution in [0.15, 0.2) is 71.7 Å². The zero-order chi connectivity index (χ0) is 22.2. The lowest BCUT2D eigenvalue weighted by Gasteiger charge is -2.12. The summed E-state index contributed by atoms with van der Waals surface area (Å²) in [5.41, 5.74) is 10.0. The Bertz CT molecular complexity index is 1420. The summed E-state index contributed by atoms with van der Waals surface area (Å²) in [5, 5.41) is 23.9. The van der Waals surface area contributed by atoms with Crippen LogP contribution in [0.5, 0.6) is 0 Å². The van der Waals surface area contributed by atoms with E-state index in [0.29, 0.717) is 0 Å². The van der Waals surface area contributed by atoms with Crippen LogP contribution in [-0.2, 0) is 6.54 Å². The topological polar surface area (TPSA) is 77.7 Å². The van der Waals surface area contributed by atoms with Crippen LogP contribution < -0.4 is 16.0 Å². The molecule has 0 spiro atoms. The van der Waals surface area contributed by atoms with Crippen LogP contribution in [0.2, 0.25) is 0 Å². The highest BCUT2D eigenvalue weighted by Gasteiger charge is 2.26. The van der Waals surface area contributed by atoms with E-state index in [4.69, 9.17) is 0 Å². The quantitative estimate of drug-likeness (QED) is 0.254. The molecule has 0 saturated carbocycles. The number of aromatic nitrogens is 3. The van der Waals surface area contributed by atoms with Crippen molar-refractivity contribution in [3.05, 3.63) is 82.9 Å². The fourth-order valence-electron chi connectivity index (χ4n) is 4.41. The van der Waals surface area contributed by atoms with E-state index in [1.54, 1.807) is 11.3 Å². The van der Waals surface area contributed by atoms with E-state index in [-0.39, 0.29) is 6.17 Å². The van der Waals surface area contributed by atoms with Gasteiger partial charge in [-0.05, 0) is 64.3 Å². The summed E-state index contributed by atoms with van der Waals surface area (Å²) in [6.45, 7) is 3.86. The summed E-state index contributed by atoms with van der Waals surface area (Å²) in [6.07, 6.45) is 3.76. The van der Waals surface area contributed by atoms with Crippen molar-refractivity contribution < 1.29 is 0 Å². The molecule has 1 atom stereocenters. The molecule has 0 aliphatic carbocycles. The van der Waals surface area contributed by atoms with E-state index < -0.39 is 0 Å². The molecule has 1 aliphatic heterocycles. The lowest BCUT2D eigenvalue weighted by molar-refractivity contribution is 0.724. The van der Waals surface area contributed by atoms with Gasteiger partial charge in [-0.3, -0.25) is 10.1 Å². The average molecular weight is 453 g/mol. The molecule has 0 fully saturated rings. The molecule has 33 heavy (non-hydrogen) atoms. The van der Waals surface area contributed by atoms with Gasteiger partial charge in [-0.1, -0.05) is 25.1 Å². The molecule has 0 radical (unpaired) electrons. The summed E-state index contributed by atoms with van der Waals surface area (Å²) in [5.74, 6) is 0. The first-order chi connectivity index (χ1) is 16.3. The van der Waals surface area contributed by atoms with Gasteiger partial charge in [0, 0.05) is 35.5 Å². The molecule has 2 aromatic carbocycles. The molecule has 5 aromatic rings. The number of anilines is 2. The monoisotopic (exact) mass is 452 g/mol. The minimum atomic E-state index is -0.0850. The maximum Gasteiger partial charge on any atom is 0.141 e. The number of thiophene rings is 1. The minimum absolute atomic E-state index is 0.0850. The van der Waals surface area contributed by atoms with Crippen LogP contribution in [0.25, 0.3) is 33.2 Å². The highest BCUT2D eigenvalue weighted by Crippen LogP contribution is 2.43. The van der Waals surface area contributed by atoms with Crippen molar-refractivity contribution in [2.75, 3.05) is 17.2 Å². The molecule has 164 valence electrons. The van der Waals surface area contributed by atoms with Gasteiger partial charge in [0.05, 0.1) is 22.6 Å². The fourth-order valence-corrected chi connectivity index (χ4v) is 5.06. The Morgan fingerprint density at radius 3 is 2.85 bits per heavy atom. The molecule has 6 nitrogen and oxygen atoms in total. The molecule has 1 aliphatic rings. The third-order valence-electron chi connectivity index (χ3n) is 6.06. The second-order valence-electron chi connectivity index (χ2n) is 8.19. The van der Waals surface area contributed by atoms with Gasteiger partial charge >= 0.3 is 0 Å². The lowest BCUT2D eigenvalue weighted by atomic mass is 10.0. The average Bonchev–Trinajstić information content (AvgIpc) is 3.61. The van der Waals surface area contributed by atoms with E-state index in [1.165, 1.54) is 16.7 Å². The zero-order valence-electron chi connectivity index (χ0n) is 18.2. The number of para-hydroxylation sites is 1. The molecular formula is C26H24N6S. The van der Waals surface area contributed by atoms with E-state index in [1.807, 2.05) is 12.4 Å². The van der Waals surface area contributed by atoms with Crippen molar-refractivity contribution in [2.24, 2.45) is 0 Å². The third-order valence-corrected chi connectivity index (χ3v) is 6.75. The molecule has 4 N–H and O–H groups in total. The molecule has 0 saturated heterocycles. The first-order valence-corrected chi connectivity index (χ1v) is 12.1. The number of H-pyrrole nitrogens is 1. The van der Waals surface area contributed by atoms with Crippen LogP contribution in [0.4, 0.5) is 11.4 Å². The highest BCUT2D eigenvalue weighted by molar-refractivity contribution is 7.08. The maximum absolute atomic E-state index is 4.56. The Labute approximate surface area is 196 Å². The highest BCUT2D eigenvalue weighted by atomic mass is 32.1. The Kier molecular flexibility index (Phi) is 5.05. The molecule has 6 rings (SSSR count). The molecule has 7 heteroatoms. The first-order valence-electron chi connectivity index (χ1n) is 11.1. The van der Waals surface area contributed by atoms with Crippen molar-refractivity contribution in [2.45, 2.75) is 19.6 Å².